The van der Waals surface area contributed by atoms with Crippen LogP contribution in [0.4, 0.5) is 0 Å². The van der Waals surface area contributed by atoms with E-state index in [2.05, 4.69) is 46.5 Å². The summed E-state index contributed by atoms with van der Waals surface area (Å²) in [4.78, 5) is 20.5. The number of likely N-dealkylation sites (N-methyl/N-ethyl adjacent to an activating group) is 1. The van der Waals surface area contributed by atoms with E-state index in [0.717, 1.165) is 25.4 Å². The minimum Gasteiger partial charge on any atom is -0.496 e. The summed E-state index contributed by atoms with van der Waals surface area (Å²) in [5, 5.41) is 6.82. The first-order valence-electron chi connectivity index (χ1n) is 10.5. The van der Waals surface area contributed by atoms with Crippen LogP contribution in [0.25, 0.3) is 0 Å². The number of nitrogens with zero attached hydrogens (tertiary/aromatic N) is 3. The molecule has 0 spiro atoms. The Hall–Kier alpha value is -1.55. The van der Waals surface area contributed by atoms with Crippen LogP contribution in [0.1, 0.15) is 38.3 Å². The molecule has 1 aromatic carbocycles. The first kappa shape index (κ1) is 26.5. The van der Waals surface area contributed by atoms with Crippen LogP contribution in [0.5, 0.6) is 5.75 Å². The van der Waals surface area contributed by atoms with E-state index < -0.39 is 0 Å². The first-order valence-corrected chi connectivity index (χ1v) is 10.5. The highest BCUT2D eigenvalue weighted by atomic mass is 127. The van der Waals surface area contributed by atoms with Gasteiger partial charge in [0.15, 0.2) is 5.96 Å². The summed E-state index contributed by atoms with van der Waals surface area (Å²) in [6.45, 7) is 8.08. The molecule has 1 aliphatic heterocycles. The predicted molar refractivity (Wildman–Crippen MR) is 134 cm³/mol. The van der Waals surface area contributed by atoms with E-state index in [0.29, 0.717) is 18.4 Å². The fraction of sp³-hybridized carbons (Fsp3) is 0.636. The molecule has 1 unspecified atom stereocenters. The van der Waals surface area contributed by atoms with Crippen LogP contribution in [0.2, 0.25) is 0 Å². The number of rotatable bonds is 9. The Morgan fingerprint density at radius 2 is 1.80 bits per heavy atom. The van der Waals surface area contributed by atoms with Crippen molar-refractivity contribution in [2.45, 2.75) is 32.7 Å². The van der Waals surface area contributed by atoms with Crippen molar-refractivity contribution in [1.29, 1.82) is 0 Å². The molecule has 30 heavy (non-hydrogen) atoms. The number of carbonyl (C=O) groups is 1. The molecule has 2 N–H and O–H groups in total. The summed E-state index contributed by atoms with van der Waals surface area (Å²) in [6.07, 6.45) is 2.44. The van der Waals surface area contributed by atoms with Gasteiger partial charge in [0.05, 0.1) is 13.2 Å². The number of guanidine groups is 1. The van der Waals surface area contributed by atoms with Gasteiger partial charge in [-0.1, -0.05) is 32.0 Å². The Labute approximate surface area is 198 Å². The zero-order chi connectivity index (χ0) is 21.2. The van der Waals surface area contributed by atoms with Gasteiger partial charge in [-0.2, -0.15) is 0 Å². The number of nitrogens with one attached hydrogen (secondary N) is 2. The van der Waals surface area contributed by atoms with Crippen LogP contribution in [0.3, 0.4) is 0 Å². The second-order valence-corrected chi connectivity index (χ2v) is 8.11. The smallest absolute Gasteiger partial charge is 0.243 e. The van der Waals surface area contributed by atoms with Crippen molar-refractivity contribution in [2.24, 2.45) is 10.9 Å². The molecule has 1 aromatic rings. The molecule has 1 amide bonds. The van der Waals surface area contributed by atoms with Crippen molar-refractivity contribution >= 4 is 35.8 Å². The van der Waals surface area contributed by atoms with Gasteiger partial charge in [-0.3, -0.25) is 9.69 Å². The molecule has 7 nitrogen and oxygen atoms in total. The third kappa shape index (κ3) is 8.29. The minimum absolute atomic E-state index is 0. The van der Waals surface area contributed by atoms with Gasteiger partial charge in [0.2, 0.25) is 5.91 Å². The van der Waals surface area contributed by atoms with Crippen LogP contribution in [-0.4, -0.2) is 75.6 Å². The lowest BCUT2D eigenvalue weighted by atomic mass is 10.0. The van der Waals surface area contributed by atoms with Crippen LogP contribution in [0.15, 0.2) is 29.3 Å². The van der Waals surface area contributed by atoms with E-state index in [-0.39, 0.29) is 42.5 Å². The number of hydrogen-bond donors (Lipinski definition) is 2. The molecule has 2 rings (SSSR count). The number of benzene rings is 1. The molecule has 0 saturated carbocycles. The average molecular weight is 531 g/mol. The summed E-state index contributed by atoms with van der Waals surface area (Å²) in [6, 6.07) is 8.39. The number of ether oxygens (including phenoxy) is 1. The van der Waals surface area contributed by atoms with E-state index in [4.69, 9.17) is 4.74 Å². The van der Waals surface area contributed by atoms with Crippen LogP contribution >= 0.6 is 24.0 Å². The van der Waals surface area contributed by atoms with Crippen molar-refractivity contribution in [3.63, 3.8) is 0 Å². The second kappa shape index (κ2) is 13.7. The van der Waals surface area contributed by atoms with Crippen molar-refractivity contribution < 1.29 is 9.53 Å². The van der Waals surface area contributed by atoms with Gasteiger partial charge in [0, 0.05) is 32.7 Å². The number of para-hydroxylation sites is 1. The standard InChI is InChI=1S/C22H37N5O2.HI/c1-17(2)14-23-22(25-16-21(28)26(3)4)24-15-19(27-12-8-9-13-27)18-10-6-7-11-20(18)29-5;/h6-7,10-11,17,19H,8-9,12-16H2,1-5H3,(H2,23,24,25);1H. The van der Waals surface area contributed by atoms with E-state index in [1.807, 2.05) is 12.1 Å². The number of amides is 1. The Morgan fingerprint density at radius 3 is 2.40 bits per heavy atom. The first-order chi connectivity index (χ1) is 13.9. The Balaban J connectivity index is 0.00000450. The number of likely N-dealkylation sites (tertiary alicyclic amines) is 1. The molecule has 1 fully saturated rings. The molecule has 0 bridgehead atoms. The highest BCUT2D eigenvalue weighted by Gasteiger charge is 2.26. The SMILES string of the molecule is COc1ccccc1C(CNC(=NCC(=O)N(C)C)NCC(C)C)N1CCCC1.I. The van der Waals surface area contributed by atoms with Crippen LogP contribution in [-0.2, 0) is 4.79 Å². The topological polar surface area (TPSA) is 69.2 Å². The number of carbonyl (C=O) groups excluding carboxylic acids is 1. The van der Waals surface area contributed by atoms with Gasteiger partial charge in [0.1, 0.15) is 12.3 Å². The maximum absolute atomic E-state index is 12.0. The summed E-state index contributed by atoms with van der Waals surface area (Å²) in [5.74, 6) is 2.04. The van der Waals surface area contributed by atoms with Gasteiger partial charge in [-0.25, -0.2) is 4.99 Å². The maximum atomic E-state index is 12.0. The third-order valence-electron chi connectivity index (χ3n) is 5.09. The second-order valence-electron chi connectivity index (χ2n) is 8.11. The maximum Gasteiger partial charge on any atom is 0.243 e. The summed E-state index contributed by atoms with van der Waals surface area (Å²) < 4.78 is 5.63. The quantitative estimate of drug-likeness (QED) is 0.292. The number of halogens is 1. The third-order valence-corrected chi connectivity index (χ3v) is 5.09. The Bertz CT molecular complexity index is 675. The predicted octanol–water partition coefficient (Wildman–Crippen LogP) is 2.73. The van der Waals surface area contributed by atoms with E-state index >= 15 is 0 Å². The highest BCUT2D eigenvalue weighted by molar-refractivity contribution is 14.0. The molecule has 1 atom stereocenters. The molecular formula is C22H38IN5O2. The summed E-state index contributed by atoms with van der Waals surface area (Å²) in [7, 11) is 5.21. The number of aliphatic imine (C=N–C) groups is 1. The zero-order valence-corrected chi connectivity index (χ0v) is 21.3. The molecule has 1 aliphatic rings. The van der Waals surface area contributed by atoms with Gasteiger partial charge < -0.3 is 20.3 Å². The van der Waals surface area contributed by atoms with Crippen LogP contribution in [0, 0.1) is 5.92 Å². The Morgan fingerprint density at radius 1 is 1.17 bits per heavy atom. The van der Waals surface area contributed by atoms with Crippen molar-refractivity contribution in [2.75, 3.05) is 53.9 Å². The van der Waals surface area contributed by atoms with E-state index in [9.17, 15) is 4.79 Å². The largest absolute Gasteiger partial charge is 0.496 e. The molecule has 1 saturated heterocycles. The number of methoxy groups -OCH3 is 1. The molecule has 0 radical (unpaired) electrons. The number of hydrogen-bond acceptors (Lipinski definition) is 4. The van der Waals surface area contributed by atoms with E-state index in [1.165, 1.54) is 18.4 Å². The summed E-state index contributed by atoms with van der Waals surface area (Å²) in [5.41, 5.74) is 1.18. The minimum atomic E-state index is -0.0172. The molecule has 1 heterocycles. The fourth-order valence-corrected chi connectivity index (χ4v) is 3.39. The van der Waals surface area contributed by atoms with Crippen molar-refractivity contribution in [3.05, 3.63) is 29.8 Å². The molecular weight excluding hydrogens is 493 g/mol. The lowest BCUT2D eigenvalue weighted by Crippen LogP contribution is -2.44. The molecule has 0 aromatic heterocycles. The fourth-order valence-electron chi connectivity index (χ4n) is 3.39. The van der Waals surface area contributed by atoms with Crippen LogP contribution < -0.4 is 15.4 Å². The van der Waals surface area contributed by atoms with Gasteiger partial charge in [-0.05, 0) is 37.9 Å². The lowest BCUT2D eigenvalue weighted by Gasteiger charge is -2.30. The normalized spacial score (nSPS) is 15.5. The van der Waals surface area contributed by atoms with Gasteiger partial charge in [0.25, 0.3) is 0 Å². The molecule has 8 heteroatoms. The van der Waals surface area contributed by atoms with Crippen molar-refractivity contribution in [1.82, 2.24) is 20.4 Å². The lowest BCUT2D eigenvalue weighted by molar-refractivity contribution is -0.127. The zero-order valence-electron chi connectivity index (χ0n) is 19.0. The summed E-state index contributed by atoms with van der Waals surface area (Å²) >= 11 is 0. The highest BCUT2D eigenvalue weighted by Crippen LogP contribution is 2.31. The molecule has 0 aliphatic carbocycles. The van der Waals surface area contributed by atoms with Gasteiger partial charge in [-0.15, -0.1) is 24.0 Å². The van der Waals surface area contributed by atoms with Crippen molar-refractivity contribution in [3.8, 4) is 5.75 Å². The van der Waals surface area contributed by atoms with E-state index in [1.54, 1.807) is 26.1 Å². The molecule has 170 valence electrons. The van der Waals surface area contributed by atoms with Gasteiger partial charge >= 0.3 is 0 Å². The average Bonchev–Trinajstić information content (AvgIpc) is 3.23. The monoisotopic (exact) mass is 531 g/mol. The Kier molecular flexibility index (Phi) is 12.1.